The van der Waals surface area contributed by atoms with Gasteiger partial charge in [0.15, 0.2) is 0 Å². The average molecular weight is 302 g/mol. The summed E-state index contributed by atoms with van der Waals surface area (Å²) in [4.78, 5) is 10.4. The molecule has 2 aromatic carbocycles. The Morgan fingerprint density at radius 2 is 1.81 bits per heavy atom. The van der Waals surface area contributed by atoms with E-state index in [1.165, 1.54) is 25.1 Å². The van der Waals surface area contributed by atoms with Crippen molar-refractivity contribution in [1.82, 2.24) is 0 Å². The predicted molar refractivity (Wildman–Crippen MR) is 91.3 cm³/mol. The largest absolute Gasteiger partial charge is 0.338 e. The van der Waals surface area contributed by atoms with Gasteiger partial charge < -0.3 is 4.89 Å². The number of benzene rings is 2. The molecule has 2 rings (SSSR count). The van der Waals surface area contributed by atoms with Crippen LogP contribution in [0.1, 0.15) is 39.0 Å². The Hall–Kier alpha value is -1.37. The number of unbranched alkanes of at least 4 members (excludes halogenated alkanes) is 4. The SMILES string of the molecule is CCCCCCC=CP(=O)(O)c1cccc2ccccc12. The zero-order chi connectivity index (χ0) is 15.1. The molecule has 21 heavy (non-hydrogen) atoms. The molecule has 0 amide bonds. The molecular weight excluding hydrogens is 279 g/mol. The first-order valence-corrected chi connectivity index (χ1v) is 9.36. The second kappa shape index (κ2) is 7.59. The molecule has 0 saturated heterocycles. The lowest BCUT2D eigenvalue weighted by atomic mass is 10.1. The van der Waals surface area contributed by atoms with Crippen molar-refractivity contribution < 1.29 is 9.46 Å². The van der Waals surface area contributed by atoms with Gasteiger partial charge in [-0.2, -0.15) is 0 Å². The van der Waals surface area contributed by atoms with Gasteiger partial charge in [-0.15, -0.1) is 0 Å². The van der Waals surface area contributed by atoms with Crippen LogP contribution in [0.4, 0.5) is 0 Å². The van der Waals surface area contributed by atoms with Crippen LogP contribution in [0.3, 0.4) is 0 Å². The smallest absolute Gasteiger partial charge is 0.252 e. The van der Waals surface area contributed by atoms with Crippen molar-refractivity contribution in [2.24, 2.45) is 0 Å². The summed E-state index contributed by atoms with van der Waals surface area (Å²) in [6.07, 6.45) is 7.43. The van der Waals surface area contributed by atoms with E-state index >= 15 is 0 Å². The Morgan fingerprint density at radius 3 is 2.62 bits per heavy atom. The normalized spacial score (nSPS) is 14.6. The fraction of sp³-hybridized carbons (Fsp3) is 0.333. The van der Waals surface area contributed by atoms with E-state index in [9.17, 15) is 9.46 Å². The van der Waals surface area contributed by atoms with Gasteiger partial charge in [0.25, 0.3) is 7.37 Å². The average Bonchev–Trinajstić information content (AvgIpc) is 2.50. The Kier molecular flexibility index (Phi) is 5.78. The first-order chi connectivity index (χ1) is 10.1. The van der Waals surface area contributed by atoms with Gasteiger partial charge >= 0.3 is 0 Å². The number of fused-ring (bicyclic) bond motifs is 1. The summed E-state index contributed by atoms with van der Waals surface area (Å²) in [6.45, 7) is 2.18. The highest BCUT2D eigenvalue weighted by atomic mass is 31.2. The summed E-state index contributed by atoms with van der Waals surface area (Å²) < 4.78 is 12.6. The molecule has 1 unspecified atom stereocenters. The molecule has 2 nitrogen and oxygen atoms in total. The third kappa shape index (κ3) is 4.30. The lowest BCUT2D eigenvalue weighted by molar-refractivity contribution is 0.500. The van der Waals surface area contributed by atoms with Crippen LogP contribution in [-0.4, -0.2) is 4.89 Å². The van der Waals surface area contributed by atoms with Crippen LogP contribution in [0, 0.1) is 0 Å². The van der Waals surface area contributed by atoms with Crippen molar-refractivity contribution in [1.29, 1.82) is 0 Å². The third-order valence-corrected chi connectivity index (χ3v) is 5.34. The molecule has 0 heterocycles. The molecule has 0 spiro atoms. The maximum Gasteiger partial charge on any atom is 0.252 e. The molecule has 0 aliphatic carbocycles. The van der Waals surface area contributed by atoms with E-state index in [4.69, 9.17) is 0 Å². The van der Waals surface area contributed by atoms with Crippen LogP contribution in [0.15, 0.2) is 54.4 Å². The second-order valence-corrected chi connectivity index (χ2v) is 7.38. The number of rotatable bonds is 7. The lowest BCUT2D eigenvalue weighted by Crippen LogP contribution is -2.03. The van der Waals surface area contributed by atoms with Crippen molar-refractivity contribution in [2.45, 2.75) is 39.0 Å². The minimum absolute atomic E-state index is 0.533. The number of hydrogen-bond acceptors (Lipinski definition) is 1. The molecule has 0 radical (unpaired) electrons. The number of hydrogen-bond donors (Lipinski definition) is 1. The maximum absolute atomic E-state index is 12.6. The summed E-state index contributed by atoms with van der Waals surface area (Å²) in [5, 5.41) is 2.40. The van der Waals surface area contributed by atoms with E-state index in [0.717, 1.165) is 23.6 Å². The molecule has 2 aromatic rings. The Balaban J connectivity index is 2.14. The van der Waals surface area contributed by atoms with E-state index in [0.29, 0.717) is 5.30 Å². The maximum atomic E-state index is 12.6. The molecule has 1 N–H and O–H groups in total. The van der Waals surface area contributed by atoms with Crippen molar-refractivity contribution in [2.75, 3.05) is 0 Å². The second-order valence-electron chi connectivity index (χ2n) is 5.36. The van der Waals surface area contributed by atoms with Crippen LogP contribution in [0.25, 0.3) is 10.8 Å². The predicted octanol–water partition coefficient (Wildman–Crippen LogP) is 5.22. The summed E-state index contributed by atoms with van der Waals surface area (Å²) in [6, 6.07) is 13.3. The van der Waals surface area contributed by atoms with Crippen LogP contribution < -0.4 is 5.30 Å². The van der Waals surface area contributed by atoms with E-state index in [-0.39, 0.29) is 0 Å². The molecule has 0 aromatic heterocycles. The highest BCUT2D eigenvalue weighted by Crippen LogP contribution is 2.43. The summed E-state index contributed by atoms with van der Waals surface area (Å²) in [5.41, 5.74) is 0. The Labute approximate surface area is 127 Å². The van der Waals surface area contributed by atoms with Crippen molar-refractivity contribution in [3.63, 3.8) is 0 Å². The van der Waals surface area contributed by atoms with Gasteiger partial charge in [-0.05, 0) is 29.7 Å². The van der Waals surface area contributed by atoms with E-state index in [1.807, 2.05) is 42.5 Å². The van der Waals surface area contributed by atoms with E-state index in [2.05, 4.69) is 6.92 Å². The van der Waals surface area contributed by atoms with Gasteiger partial charge in [0, 0.05) is 11.1 Å². The zero-order valence-corrected chi connectivity index (χ0v) is 13.4. The van der Waals surface area contributed by atoms with Gasteiger partial charge in [-0.1, -0.05) is 68.7 Å². The van der Waals surface area contributed by atoms with Crippen LogP contribution in [0.2, 0.25) is 0 Å². The molecular formula is C18H23O2P. The quantitative estimate of drug-likeness (QED) is 0.562. The summed E-state index contributed by atoms with van der Waals surface area (Å²) in [5.74, 6) is 1.50. The summed E-state index contributed by atoms with van der Waals surface area (Å²) >= 11 is 0. The zero-order valence-electron chi connectivity index (χ0n) is 12.5. The van der Waals surface area contributed by atoms with Crippen LogP contribution >= 0.6 is 7.37 Å². The molecule has 0 saturated carbocycles. The Bertz CT molecular complexity index is 656. The van der Waals surface area contributed by atoms with Gasteiger partial charge in [0.2, 0.25) is 0 Å². The van der Waals surface area contributed by atoms with Crippen molar-refractivity contribution in [3.05, 3.63) is 54.4 Å². The highest BCUT2D eigenvalue weighted by molar-refractivity contribution is 7.69. The highest BCUT2D eigenvalue weighted by Gasteiger charge is 2.19. The van der Waals surface area contributed by atoms with Gasteiger partial charge in [-0.3, -0.25) is 4.57 Å². The third-order valence-electron chi connectivity index (χ3n) is 3.64. The standard InChI is InChI=1S/C18H23O2P/c1-2-3-4-5-6-9-15-21(19,20)18-14-10-12-16-11-7-8-13-17(16)18/h7-15H,2-6H2,1H3,(H,19,20). The fourth-order valence-corrected chi connectivity index (χ4v) is 3.92. The molecule has 3 heteroatoms. The monoisotopic (exact) mass is 302 g/mol. The van der Waals surface area contributed by atoms with E-state index < -0.39 is 7.37 Å². The minimum Gasteiger partial charge on any atom is -0.338 e. The molecule has 0 aliphatic heterocycles. The first-order valence-electron chi connectivity index (χ1n) is 7.63. The minimum atomic E-state index is -3.43. The molecule has 1 atom stereocenters. The van der Waals surface area contributed by atoms with Crippen molar-refractivity contribution >= 4 is 23.4 Å². The fourth-order valence-electron chi connectivity index (χ4n) is 2.47. The lowest BCUT2D eigenvalue weighted by Gasteiger charge is -2.10. The summed E-state index contributed by atoms with van der Waals surface area (Å²) in [7, 11) is -3.43. The molecule has 0 aliphatic rings. The van der Waals surface area contributed by atoms with E-state index in [1.54, 1.807) is 6.07 Å². The van der Waals surface area contributed by atoms with Crippen LogP contribution in [-0.2, 0) is 4.57 Å². The van der Waals surface area contributed by atoms with Crippen LogP contribution in [0.5, 0.6) is 0 Å². The van der Waals surface area contributed by atoms with Gasteiger partial charge in [-0.25, -0.2) is 0 Å². The van der Waals surface area contributed by atoms with Gasteiger partial charge in [0.05, 0.1) is 0 Å². The molecule has 112 valence electrons. The topological polar surface area (TPSA) is 37.3 Å². The molecule has 0 bridgehead atoms. The number of allylic oxidation sites excluding steroid dienone is 1. The van der Waals surface area contributed by atoms with Gasteiger partial charge in [0.1, 0.15) is 0 Å². The first kappa shape index (κ1) is 16.0. The van der Waals surface area contributed by atoms with Crippen molar-refractivity contribution in [3.8, 4) is 0 Å². The molecule has 0 fully saturated rings. The Morgan fingerprint density at radius 1 is 1.05 bits per heavy atom.